The minimum atomic E-state index is -0.450. The van der Waals surface area contributed by atoms with Gasteiger partial charge in [-0.05, 0) is 30.3 Å². The summed E-state index contributed by atoms with van der Waals surface area (Å²) < 4.78 is 10.6. The third kappa shape index (κ3) is 3.00. The zero-order valence-electron chi connectivity index (χ0n) is 11.2. The van der Waals surface area contributed by atoms with Crippen molar-refractivity contribution in [2.45, 2.75) is 0 Å². The van der Waals surface area contributed by atoms with Crippen LogP contribution in [0.5, 0.6) is 11.5 Å². The van der Waals surface area contributed by atoms with E-state index in [-0.39, 0.29) is 12.4 Å². The Morgan fingerprint density at radius 2 is 2.09 bits per heavy atom. The van der Waals surface area contributed by atoms with Gasteiger partial charge in [-0.3, -0.25) is 4.79 Å². The average Bonchev–Trinajstić information content (AvgIpc) is 2.99. The fourth-order valence-electron chi connectivity index (χ4n) is 1.95. The second-order valence-electron chi connectivity index (χ2n) is 4.40. The minimum Gasteiger partial charge on any atom is -0.454 e. The Hall–Kier alpha value is -2.24. The highest BCUT2D eigenvalue weighted by molar-refractivity contribution is 6.35. The molecule has 1 amide bonds. The minimum absolute atomic E-state index is 0.171. The number of carbonyl (C=O) groups is 1. The van der Waals surface area contributed by atoms with Gasteiger partial charge in [-0.15, -0.1) is 0 Å². The second-order valence-corrected chi connectivity index (χ2v) is 5.25. The molecule has 7 heteroatoms. The number of rotatable bonds is 3. The molecule has 1 N–H and O–H groups in total. The van der Waals surface area contributed by atoms with E-state index in [4.69, 9.17) is 32.7 Å². The van der Waals surface area contributed by atoms with Crippen LogP contribution < -0.4 is 14.9 Å². The molecule has 0 spiro atoms. The van der Waals surface area contributed by atoms with E-state index in [1.54, 1.807) is 24.3 Å². The molecule has 0 fully saturated rings. The van der Waals surface area contributed by atoms with Crippen LogP contribution in [0.1, 0.15) is 15.9 Å². The van der Waals surface area contributed by atoms with Gasteiger partial charge in [0.15, 0.2) is 11.5 Å². The molecule has 0 aliphatic carbocycles. The van der Waals surface area contributed by atoms with Gasteiger partial charge >= 0.3 is 0 Å². The topological polar surface area (TPSA) is 59.9 Å². The van der Waals surface area contributed by atoms with Gasteiger partial charge in [-0.25, -0.2) is 5.43 Å². The highest BCUT2D eigenvalue weighted by Crippen LogP contribution is 2.34. The summed E-state index contributed by atoms with van der Waals surface area (Å²) in [4.78, 5) is 12.0. The first-order chi connectivity index (χ1) is 10.6. The Kier molecular flexibility index (Phi) is 4.18. The monoisotopic (exact) mass is 336 g/mol. The molecule has 0 bridgehead atoms. The van der Waals surface area contributed by atoms with Crippen molar-refractivity contribution in [1.82, 2.24) is 5.43 Å². The molecule has 1 aliphatic rings. The molecule has 1 aliphatic heterocycles. The first kappa shape index (κ1) is 14.7. The summed E-state index contributed by atoms with van der Waals surface area (Å²) in [6.45, 7) is 0.171. The van der Waals surface area contributed by atoms with Crippen LogP contribution in [-0.4, -0.2) is 18.9 Å². The van der Waals surface area contributed by atoms with Gasteiger partial charge in [0.25, 0.3) is 5.91 Å². The number of ether oxygens (including phenoxy) is 2. The van der Waals surface area contributed by atoms with E-state index in [9.17, 15) is 4.79 Å². The Morgan fingerprint density at radius 3 is 2.95 bits per heavy atom. The van der Waals surface area contributed by atoms with Crippen molar-refractivity contribution in [2.24, 2.45) is 5.10 Å². The smallest absolute Gasteiger partial charge is 0.272 e. The second kappa shape index (κ2) is 6.25. The molecule has 2 aromatic carbocycles. The molecule has 0 unspecified atom stereocenters. The predicted molar refractivity (Wildman–Crippen MR) is 84.1 cm³/mol. The summed E-state index contributed by atoms with van der Waals surface area (Å²) in [5, 5.41) is 4.63. The van der Waals surface area contributed by atoms with Crippen LogP contribution in [0.3, 0.4) is 0 Å². The van der Waals surface area contributed by atoms with Crippen molar-refractivity contribution in [1.29, 1.82) is 0 Å². The molecular weight excluding hydrogens is 327 g/mol. The Balaban J connectivity index is 1.74. The molecule has 112 valence electrons. The van der Waals surface area contributed by atoms with Crippen LogP contribution in [0.4, 0.5) is 0 Å². The molecule has 22 heavy (non-hydrogen) atoms. The Bertz CT molecular complexity index is 762. The molecular formula is C15H10Cl2N2O3. The summed E-state index contributed by atoms with van der Waals surface area (Å²) >= 11 is 11.8. The van der Waals surface area contributed by atoms with E-state index in [2.05, 4.69) is 10.5 Å². The lowest BCUT2D eigenvalue weighted by Crippen LogP contribution is -2.18. The van der Waals surface area contributed by atoms with Crippen molar-refractivity contribution in [3.63, 3.8) is 0 Å². The standard InChI is InChI=1S/C15H10Cl2N2O3/c16-10-4-5-12(17)11(6-10)15(20)19-18-7-9-2-1-3-13-14(9)22-8-21-13/h1-7H,8H2,(H,19,20)/b18-7+. The SMILES string of the molecule is O=C(N/N=C/c1cccc2c1OCO2)c1cc(Cl)ccc1Cl. The average molecular weight is 337 g/mol. The van der Waals surface area contributed by atoms with Gasteiger partial charge in [0.05, 0.1) is 16.8 Å². The zero-order valence-corrected chi connectivity index (χ0v) is 12.7. The van der Waals surface area contributed by atoms with Crippen molar-refractivity contribution >= 4 is 35.3 Å². The Labute approximate surface area is 136 Å². The van der Waals surface area contributed by atoms with Crippen LogP contribution in [0, 0.1) is 0 Å². The molecule has 0 atom stereocenters. The summed E-state index contributed by atoms with van der Waals surface area (Å²) in [5.41, 5.74) is 3.35. The summed E-state index contributed by atoms with van der Waals surface area (Å²) in [7, 11) is 0. The molecule has 1 heterocycles. The van der Waals surface area contributed by atoms with E-state index in [0.29, 0.717) is 27.1 Å². The van der Waals surface area contributed by atoms with Crippen molar-refractivity contribution < 1.29 is 14.3 Å². The number of nitrogens with zero attached hydrogens (tertiary/aromatic N) is 1. The maximum absolute atomic E-state index is 12.0. The third-order valence-electron chi connectivity index (χ3n) is 2.97. The van der Waals surface area contributed by atoms with Crippen LogP contribution in [0.2, 0.25) is 10.0 Å². The lowest BCUT2D eigenvalue weighted by Gasteiger charge is -2.03. The van der Waals surface area contributed by atoms with Crippen molar-refractivity contribution in [2.75, 3.05) is 6.79 Å². The zero-order chi connectivity index (χ0) is 15.5. The van der Waals surface area contributed by atoms with Crippen molar-refractivity contribution in [3.8, 4) is 11.5 Å². The lowest BCUT2D eigenvalue weighted by atomic mass is 10.2. The lowest BCUT2D eigenvalue weighted by molar-refractivity contribution is 0.0955. The number of hydrazone groups is 1. The van der Waals surface area contributed by atoms with Gasteiger partial charge in [-0.2, -0.15) is 5.10 Å². The molecule has 5 nitrogen and oxygen atoms in total. The Morgan fingerprint density at radius 1 is 1.23 bits per heavy atom. The number of benzene rings is 2. The van der Waals surface area contributed by atoms with Crippen LogP contribution in [0.15, 0.2) is 41.5 Å². The summed E-state index contributed by atoms with van der Waals surface area (Å²) in [6.07, 6.45) is 1.48. The normalized spacial score (nSPS) is 12.6. The van der Waals surface area contributed by atoms with Crippen LogP contribution >= 0.6 is 23.2 Å². The van der Waals surface area contributed by atoms with Crippen LogP contribution in [-0.2, 0) is 0 Å². The van der Waals surface area contributed by atoms with Crippen LogP contribution in [0.25, 0.3) is 0 Å². The van der Waals surface area contributed by atoms with Crippen molar-refractivity contribution in [3.05, 3.63) is 57.6 Å². The molecule has 0 radical (unpaired) electrons. The maximum Gasteiger partial charge on any atom is 0.272 e. The van der Waals surface area contributed by atoms with E-state index in [1.165, 1.54) is 12.3 Å². The fourth-order valence-corrected chi connectivity index (χ4v) is 2.32. The highest BCUT2D eigenvalue weighted by atomic mass is 35.5. The number of hydrogen-bond acceptors (Lipinski definition) is 4. The van der Waals surface area contributed by atoms with Gasteiger partial charge in [0, 0.05) is 10.6 Å². The van der Waals surface area contributed by atoms with Gasteiger partial charge < -0.3 is 9.47 Å². The number of halogens is 2. The number of hydrogen-bond donors (Lipinski definition) is 1. The third-order valence-corrected chi connectivity index (χ3v) is 3.53. The van der Waals surface area contributed by atoms with Gasteiger partial charge in [0.1, 0.15) is 0 Å². The predicted octanol–water partition coefficient (Wildman–Crippen LogP) is 3.49. The number of fused-ring (bicyclic) bond motifs is 1. The molecule has 2 aromatic rings. The largest absolute Gasteiger partial charge is 0.454 e. The van der Waals surface area contributed by atoms with E-state index in [1.807, 2.05) is 6.07 Å². The molecule has 0 aromatic heterocycles. The fraction of sp³-hybridized carbons (Fsp3) is 0.0667. The first-order valence-corrected chi connectivity index (χ1v) is 7.08. The maximum atomic E-state index is 12.0. The van der Waals surface area contributed by atoms with E-state index >= 15 is 0 Å². The van der Waals surface area contributed by atoms with E-state index in [0.717, 1.165) is 0 Å². The number of amides is 1. The van der Waals surface area contributed by atoms with E-state index < -0.39 is 5.91 Å². The summed E-state index contributed by atoms with van der Waals surface area (Å²) in [6, 6.07) is 10.0. The number of para-hydroxylation sites is 1. The van der Waals surface area contributed by atoms with Gasteiger partial charge in [0.2, 0.25) is 6.79 Å². The number of carbonyl (C=O) groups excluding carboxylic acids is 1. The first-order valence-electron chi connectivity index (χ1n) is 6.32. The molecule has 3 rings (SSSR count). The number of nitrogens with one attached hydrogen (secondary N) is 1. The molecule has 0 saturated carbocycles. The summed E-state index contributed by atoms with van der Waals surface area (Å²) in [5.74, 6) is 0.794. The molecule has 0 saturated heterocycles. The highest BCUT2D eigenvalue weighted by Gasteiger charge is 2.16. The van der Waals surface area contributed by atoms with Gasteiger partial charge in [-0.1, -0.05) is 29.3 Å². The quantitative estimate of drug-likeness (QED) is 0.689.